The van der Waals surface area contributed by atoms with Crippen LogP contribution in [0.4, 0.5) is 0 Å². The summed E-state index contributed by atoms with van der Waals surface area (Å²) >= 11 is 0. The van der Waals surface area contributed by atoms with Gasteiger partial charge in [-0.2, -0.15) is 0 Å². The molecule has 0 saturated heterocycles. The highest BCUT2D eigenvalue weighted by Crippen LogP contribution is 2.17. The minimum Gasteiger partial charge on any atom is -0.462 e. The number of nitrogens with zero attached hydrogens (tertiary/aromatic N) is 2. The van der Waals surface area contributed by atoms with Crippen LogP contribution >= 0.6 is 0 Å². The van der Waals surface area contributed by atoms with E-state index in [4.69, 9.17) is 4.74 Å². The Morgan fingerprint density at radius 1 is 1.07 bits per heavy atom. The van der Waals surface area contributed by atoms with Gasteiger partial charge in [0.05, 0.1) is 6.61 Å². The van der Waals surface area contributed by atoms with Gasteiger partial charge in [0.15, 0.2) is 5.82 Å². The number of aryl methyl sites for hydroxylation is 1. The summed E-state index contributed by atoms with van der Waals surface area (Å²) in [6, 6.07) is 7.85. The van der Waals surface area contributed by atoms with Gasteiger partial charge in [-0.1, -0.05) is 70.7 Å². The largest absolute Gasteiger partial charge is 0.462 e. The van der Waals surface area contributed by atoms with Crippen LogP contribution in [0, 0.1) is 5.92 Å². The molecule has 2 rings (SSSR count). The topological polar surface area (TPSA) is 52.1 Å². The molecule has 0 fully saturated rings. The summed E-state index contributed by atoms with van der Waals surface area (Å²) in [6.07, 6.45) is 14.1. The van der Waals surface area contributed by atoms with Gasteiger partial charge in [-0.05, 0) is 36.0 Å². The Kier molecular flexibility index (Phi) is 9.40. The highest BCUT2D eigenvalue weighted by atomic mass is 16.5. The normalized spacial score (nSPS) is 12.2. The molecule has 1 atom stereocenters. The van der Waals surface area contributed by atoms with Gasteiger partial charge in [0.25, 0.3) is 0 Å². The van der Waals surface area contributed by atoms with Gasteiger partial charge >= 0.3 is 5.97 Å². The maximum absolute atomic E-state index is 11.7. The van der Waals surface area contributed by atoms with E-state index in [1.54, 1.807) is 6.08 Å². The molecule has 0 radical (unpaired) electrons. The molecule has 4 nitrogen and oxygen atoms in total. The van der Waals surface area contributed by atoms with Crippen molar-refractivity contribution in [3.8, 4) is 11.4 Å². The number of hydrogen-bond acceptors (Lipinski definition) is 4. The van der Waals surface area contributed by atoms with Gasteiger partial charge in [0.2, 0.25) is 0 Å². The van der Waals surface area contributed by atoms with E-state index in [1.807, 2.05) is 36.7 Å². The summed E-state index contributed by atoms with van der Waals surface area (Å²) in [4.78, 5) is 20.7. The van der Waals surface area contributed by atoms with E-state index in [2.05, 4.69) is 30.7 Å². The first kappa shape index (κ1) is 21.8. The Morgan fingerprint density at radius 3 is 2.43 bits per heavy atom. The molecule has 28 heavy (non-hydrogen) atoms. The smallest absolute Gasteiger partial charge is 0.330 e. The van der Waals surface area contributed by atoms with Crippen LogP contribution in [0.1, 0.15) is 64.0 Å². The highest BCUT2D eigenvalue weighted by Gasteiger charge is 2.04. The Hall–Kier alpha value is -2.49. The van der Waals surface area contributed by atoms with Crippen LogP contribution in [-0.2, 0) is 16.0 Å². The Morgan fingerprint density at radius 2 is 1.79 bits per heavy atom. The molecule has 0 bridgehead atoms. The van der Waals surface area contributed by atoms with Crippen molar-refractivity contribution in [3.63, 3.8) is 0 Å². The van der Waals surface area contributed by atoms with E-state index in [-0.39, 0.29) is 5.97 Å². The lowest BCUT2D eigenvalue weighted by Gasteiger charge is -2.07. The zero-order valence-electron chi connectivity index (χ0n) is 17.4. The third-order valence-electron chi connectivity index (χ3n) is 4.81. The minimum absolute atomic E-state index is 0.303. The van der Waals surface area contributed by atoms with Crippen molar-refractivity contribution in [3.05, 3.63) is 53.9 Å². The molecular weight excluding hydrogens is 348 g/mol. The quantitative estimate of drug-likeness (QED) is 0.278. The van der Waals surface area contributed by atoms with Crippen LogP contribution in [0.15, 0.2) is 42.7 Å². The number of aromatic nitrogens is 2. The summed E-state index contributed by atoms with van der Waals surface area (Å²) in [7, 11) is 0. The zero-order chi connectivity index (χ0) is 20.2. The van der Waals surface area contributed by atoms with Crippen molar-refractivity contribution in [2.24, 2.45) is 5.92 Å². The number of hydrogen-bond donors (Lipinski definition) is 0. The molecule has 150 valence electrons. The summed E-state index contributed by atoms with van der Waals surface area (Å²) < 4.78 is 5.22. The summed E-state index contributed by atoms with van der Waals surface area (Å²) in [5.41, 5.74) is 3.10. The lowest BCUT2D eigenvalue weighted by molar-refractivity contribution is -0.138. The van der Waals surface area contributed by atoms with Crippen molar-refractivity contribution in [2.75, 3.05) is 6.61 Å². The minimum atomic E-state index is -0.303. The maximum atomic E-state index is 11.7. The lowest BCUT2D eigenvalue weighted by atomic mass is 10.1. The molecule has 0 aliphatic heterocycles. The zero-order valence-corrected chi connectivity index (χ0v) is 17.4. The van der Waals surface area contributed by atoms with Crippen LogP contribution in [0.2, 0.25) is 0 Å². The van der Waals surface area contributed by atoms with Crippen LogP contribution in [0.25, 0.3) is 17.5 Å². The third kappa shape index (κ3) is 7.63. The average molecular weight is 381 g/mol. The van der Waals surface area contributed by atoms with Gasteiger partial charge in [0.1, 0.15) is 0 Å². The highest BCUT2D eigenvalue weighted by molar-refractivity contribution is 5.87. The number of carbonyl (C=O) groups excluding carboxylic acids is 1. The molecule has 1 heterocycles. The molecule has 0 N–H and O–H groups in total. The standard InChI is InChI=1S/C24H32N2O2/c1-4-6-7-8-9-21-16-25-24(26-17-21)22-13-10-20(11-14-22)12-15-23(27)28-18-19(3)5-2/h10-17,19H,4-9,18H2,1-3H3/b15-12+/t19-/m1/s1. The number of esters is 1. The number of carbonyl (C=O) groups is 1. The van der Waals surface area contributed by atoms with Crippen LogP contribution in [0.3, 0.4) is 0 Å². The molecule has 0 saturated carbocycles. The predicted molar refractivity (Wildman–Crippen MR) is 115 cm³/mol. The van der Waals surface area contributed by atoms with Crippen molar-refractivity contribution in [1.29, 1.82) is 0 Å². The van der Waals surface area contributed by atoms with Gasteiger partial charge < -0.3 is 4.74 Å². The van der Waals surface area contributed by atoms with Crippen LogP contribution in [0.5, 0.6) is 0 Å². The molecule has 0 amide bonds. The van der Waals surface area contributed by atoms with Gasteiger partial charge in [-0.25, -0.2) is 14.8 Å². The lowest BCUT2D eigenvalue weighted by Crippen LogP contribution is -2.08. The number of unbranched alkanes of at least 4 members (excludes halogenated alkanes) is 3. The Balaban J connectivity index is 1.87. The molecule has 1 aromatic heterocycles. The molecule has 0 spiro atoms. The van der Waals surface area contributed by atoms with Crippen LogP contribution in [-0.4, -0.2) is 22.5 Å². The molecule has 0 aliphatic rings. The Bertz CT molecular complexity index is 736. The van der Waals surface area contributed by atoms with E-state index in [1.165, 1.54) is 37.3 Å². The van der Waals surface area contributed by atoms with Gasteiger partial charge in [-0.15, -0.1) is 0 Å². The van der Waals surface area contributed by atoms with Crippen molar-refractivity contribution in [1.82, 2.24) is 9.97 Å². The van der Waals surface area contributed by atoms with Crippen molar-refractivity contribution >= 4 is 12.0 Å². The fourth-order valence-electron chi connectivity index (χ4n) is 2.69. The fourth-order valence-corrected chi connectivity index (χ4v) is 2.69. The van der Waals surface area contributed by atoms with E-state index in [0.29, 0.717) is 12.5 Å². The molecule has 1 aromatic carbocycles. The molecule has 2 aromatic rings. The third-order valence-corrected chi connectivity index (χ3v) is 4.81. The monoisotopic (exact) mass is 380 g/mol. The molecular formula is C24H32N2O2. The first-order chi connectivity index (χ1) is 13.6. The second-order valence-corrected chi connectivity index (χ2v) is 7.32. The number of benzene rings is 1. The predicted octanol–water partition coefficient (Wildman–Crippen LogP) is 5.87. The van der Waals surface area contributed by atoms with Crippen LogP contribution < -0.4 is 0 Å². The van der Waals surface area contributed by atoms with Crippen molar-refractivity contribution in [2.45, 2.75) is 59.3 Å². The molecule has 4 heteroatoms. The first-order valence-corrected chi connectivity index (χ1v) is 10.4. The summed E-state index contributed by atoms with van der Waals surface area (Å²) in [5.74, 6) is 0.808. The maximum Gasteiger partial charge on any atom is 0.330 e. The summed E-state index contributed by atoms with van der Waals surface area (Å²) in [5, 5.41) is 0. The molecule has 0 aliphatic carbocycles. The van der Waals surface area contributed by atoms with Crippen molar-refractivity contribution < 1.29 is 9.53 Å². The second kappa shape index (κ2) is 12.1. The van der Waals surface area contributed by atoms with E-state index in [0.717, 1.165) is 29.8 Å². The fraction of sp³-hybridized carbons (Fsp3) is 0.458. The van der Waals surface area contributed by atoms with Gasteiger partial charge in [-0.3, -0.25) is 0 Å². The second-order valence-electron chi connectivity index (χ2n) is 7.32. The SMILES string of the molecule is CCCCCCc1cnc(-c2ccc(/C=C/C(=O)OC[C@H](C)CC)cc2)nc1. The summed E-state index contributed by atoms with van der Waals surface area (Å²) in [6.45, 7) is 6.83. The van der Waals surface area contributed by atoms with E-state index >= 15 is 0 Å². The number of rotatable bonds is 11. The average Bonchev–Trinajstić information content (AvgIpc) is 2.74. The number of ether oxygens (including phenoxy) is 1. The van der Waals surface area contributed by atoms with E-state index < -0.39 is 0 Å². The first-order valence-electron chi connectivity index (χ1n) is 10.4. The van der Waals surface area contributed by atoms with E-state index in [9.17, 15) is 4.79 Å². The van der Waals surface area contributed by atoms with Gasteiger partial charge in [0, 0.05) is 24.0 Å². The molecule has 0 unspecified atom stereocenters. The Labute approximate surface area is 169 Å².